The summed E-state index contributed by atoms with van der Waals surface area (Å²) in [6.07, 6.45) is 2.33. The Morgan fingerprint density at radius 3 is 2.12 bits per heavy atom. The van der Waals surface area contributed by atoms with E-state index in [1.54, 1.807) is 0 Å². The Hall–Kier alpha value is -2.29. The van der Waals surface area contributed by atoms with Crippen LogP contribution >= 0.6 is 0 Å². The van der Waals surface area contributed by atoms with Crippen LogP contribution in [0.3, 0.4) is 0 Å². The van der Waals surface area contributed by atoms with Gasteiger partial charge in [0.1, 0.15) is 5.75 Å². The van der Waals surface area contributed by atoms with E-state index in [0.717, 1.165) is 18.6 Å². The monoisotopic (exact) mass is 325 g/mol. The SMILES string of the molecule is CCCC(=O)NC(C)Cc1ccc(-c2ccc(OCC)cc2)cc1. The first kappa shape index (κ1) is 18.1. The van der Waals surface area contributed by atoms with Crippen LogP contribution in [0, 0.1) is 0 Å². The topological polar surface area (TPSA) is 38.3 Å². The second kappa shape index (κ2) is 9.11. The van der Waals surface area contributed by atoms with Gasteiger partial charge in [0, 0.05) is 12.5 Å². The van der Waals surface area contributed by atoms with Crippen molar-refractivity contribution in [1.82, 2.24) is 5.32 Å². The Labute approximate surface area is 145 Å². The van der Waals surface area contributed by atoms with Crippen molar-refractivity contribution in [3.05, 3.63) is 54.1 Å². The molecule has 0 aromatic heterocycles. The van der Waals surface area contributed by atoms with Gasteiger partial charge in [0.2, 0.25) is 5.91 Å². The maximum atomic E-state index is 11.6. The molecule has 0 aliphatic rings. The molecule has 0 aliphatic carbocycles. The summed E-state index contributed by atoms with van der Waals surface area (Å²) in [4.78, 5) is 11.6. The molecule has 3 heteroatoms. The predicted molar refractivity (Wildman–Crippen MR) is 99.3 cm³/mol. The third-order valence-electron chi connectivity index (χ3n) is 3.88. The highest BCUT2D eigenvalue weighted by atomic mass is 16.5. The zero-order valence-electron chi connectivity index (χ0n) is 14.8. The van der Waals surface area contributed by atoms with Gasteiger partial charge < -0.3 is 10.1 Å². The van der Waals surface area contributed by atoms with Gasteiger partial charge in [-0.3, -0.25) is 4.79 Å². The summed E-state index contributed by atoms with van der Waals surface area (Å²) in [5, 5.41) is 3.04. The fourth-order valence-corrected chi connectivity index (χ4v) is 2.72. The first-order valence-electron chi connectivity index (χ1n) is 8.74. The number of amides is 1. The van der Waals surface area contributed by atoms with Crippen LogP contribution in [0.2, 0.25) is 0 Å². The number of ether oxygens (including phenoxy) is 1. The Morgan fingerprint density at radius 1 is 1.00 bits per heavy atom. The van der Waals surface area contributed by atoms with E-state index in [2.05, 4.69) is 41.7 Å². The molecular formula is C21H27NO2. The Bertz CT molecular complexity index is 632. The van der Waals surface area contributed by atoms with E-state index in [-0.39, 0.29) is 11.9 Å². The minimum Gasteiger partial charge on any atom is -0.494 e. The van der Waals surface area contributed by atoms with Crippen molar-refractivity contribution in [1.29, 1.82) is 0 Å². The largest absolute Gasteiger partial charge is 0.494 e. The average Bonchev–Trinajstić information content (AvgIpc) is 2.57. The quantitative estimate of drug-likeness (QED) is 0.770. The molecule has 0 heterocycles. The maximum absolute atomic E-state index is 11.6. The van der Waals surface area contributed by atoms with Gasteiger partial charge in [-0.25, -0.2) is 0 Å². The van der Waals surface area contributed by atoms with Crippen molar-refractivity contribution in [2.75, 3.05) is 6.61 Å². The smallest absolute Gasteiger partial charge is 0.220 e. The zero-order chi connectivity index (χ0) is 17.4. The van der Waals surface area contributed by atoms with E-state index in [9.17, 15) is 4.79 Å². The summed E-state index contributed by atoms with van der Waals surface area (Å²) in [5.74, 6) is 1.03. The maximum Gasteiger partial charge on any atom is 0.220 e. The Morgan fingerprint density at radius 2 is 1.58 bits per heavy atom. The molecule has 1 N–H and O–H groups in total. The van der Waals surface area contributed by atoms with E-state index in [4.69, 9.17) is 4.74 Å². The second-order valence-electron chi connectivity index (χ2n) is 6.08. The van der Waals surface area contributed by atoms with Gasteiger partial charge in [0.25, 0.3) is 0 Å². The lowest BCUT2D eigenvalue weighted by atomic mass is 10.0. The highest BCUT2D eigenvalue weighted by Gasteiger charge is 2.07. The highest BCUT2D eigenvalue weighted by molar-refractivity contribution is 5.76. The minimum atomic E-state index is 0.135. The highest BCUT2D eigenvalue weighted by Crippen LogP contribution is 2.23. The normalized spacial score (nSPS) is 11.8. The standard InChI is InChI=1S/C21H27NO2/c1-4-6-21(23)22-16(3)15-17-7-9-18(10-8-17)19-11-13-20(14-12-19)24-5-2/h7-14,16H,4-6,15H2,1-3H3,(H,22,23). The van der Waals surface area contributed by atoms with E-state index in [1.807, 2.05) is 32.9 Å². The van der Waals surface area contributed by atoms with Crippen molar-refractivity contribution in [3.63, 3.8) is 0 Å². The van der Waals surface area contributed by atoms with Crippen LogP contribution in [0.5, 0.6) is 5.75 Å². The molecule has 0 radical (unpaired) electrons. The van der Waals surface area contributed by atoms with E-state index in [0.29, 0.717) is 13.0 Å². The van der Waals surface area contributed by atoms with Gasteiger partial charge in [0.05, 0.1) is 6.61 Å². The molecule has 0 aliphatic heterocycles. The molecule has 24 heavy (non-hydrogen) atoms. The second-order valence-corrected chi connectivity index (χ2v) is 6.08. The summed E-state index contributed by atoms with van der Waals surface area (Å²) in [5.41, 5.74) is 3.59. The molecule has 0 saturated heterocycles. The molecule has 2 rings (SSSR count). The molecule has 3 nitrogen and oxygen atoms in total. The molecular weight excluding hydrogens is 298 g/mol. The van der Waals surface area contributed by atoms with Crippen LogP contribution in [-0.4, -0.2) is 18.6 Å². The first-order chi connectivity index (χ1) is 11.6. The number of rotatable bonds is 8. The molecule has 1 atom stereocenters. The van der Waals surface area contributed by atoms with Gasteiger partial charge >= 0.3 is 0 Å². The molecule has 2 aromatic carbocycles. The fraction of sp³-hybridized carbons (Fsp3) is 0.381. The fourth-order valence-electron chi connectivity index (χ4n) is 2.72. The van der Waals surface area contributed by atoms with Gasteiger partial charge in [-0.15, -0.1) is 0 Å². The molecule has 1 unspecified atom stereocenters. The van der Waals surface area contributed by atoms with Crippen molar-refractivity contribution < 1.29 is 9.53 Å². The summed E-state index contributed by atoms with van der Waals surface area (Å²) < 4.78 is 5.47. The van der Waals surface area contributed by atoms with E-state index in [1.165, 1.54) is 16.7 Å². The number of nitrogens with one attached hydrogen (secondary N) is 1. The molecule has 0 bridgehead atoms. The van der Waals surface area contributed by atoms with Crippen LogP contribution in [0.25, 0.3) is 11.1 Å². The predicted octanol–water partition coefficient (Wildman–Crippen LogP) is 4.60. The summed E-state index contributed by atoms with van der Waals surface area (Å²) >= 11 is 0. The minimum absolute atomic E-state index is 0.135. The zero-order valence-corrected chi connectivity index (χ0v) is 14.8. The lowest BCUT2D eigenvalue weighted by Gasteiger charge is -2.14. The van der Waals surface area contributed by atoms with Crippen molar-refractivity contribution in [2.45, 2.75) is 46.1 Å². The van der Waals surface area contributed by atoms with E-state index < -0.39 is 0 Å². The summed E-state index contributed by atoms with van der Waals surface area (Å²) in [6, 6.07) is 16.8. The number of hydrogen-bond donors (Lipinski definition) is 1. The number of benzene rings is 2. The van der Waals surface area contributed by atoms with Crippen LogP contribution in [0.4, 0.5) is 0 Å². The van der Waals surface area contributed by atoms with Gasteiger partial charge in [-0.2, -0.15) is 0 Å². The van der Waals surface area contributed by atoms with Crippen LogP contribution in [0.15, 0.2) is 48.5 Å². The summed E-state index contributed by atoms with van der Waals surface area (Å²) in [7, 11) is 0. The molecule has 128 valence electrons. The van der Waals surface area contributed by atoms with Crippen LogP contribution < -0.4 is 10.1 Å². The van der Waals surface area contributed by atoms with Crippen molar-refractivity contribution in [2.24, 2.45) is 0 Å². The van der Waals surface area contributed by atoms with Gasteiger partial charge in [-0.1, -0.05) is 43.3 Å². The lowest BCUT2D eigenvalue weighted by molar-refractivity contribution is -0.121. The Balaban J connectivity index is 1.96. The molecule has 1 amide bonds. The van der Waals surface area contributed by atoms with Crippen molar-refractivity contribution in [3.8, 4) is 16.9 Å². The molecule has 2 aromatic rings. The lowest BCUT2D eigenvalue weighted by Crippen LogP contribution is -2.33. The first-order valence-corrected chi connectivity index (χ1v) is 8.74. The van der Waals surface area contributed by atoms with Crippen LogP contribution in [0.1, 0.15) is 39.2 Å². The van der Waals surface area contributed by atoms with Crippen LogP contribution in [-0.2, 0) is 11.2 Å². The Kier molecular flexibility index (Phi) is 6.86. The third-order valence-corrected chi connectivity index (χ3v) is 3.88. The summed E-state index contributed by atoms with van der Waals surface area (Å²) in [6.45, 7) is 6.73. The molecule has 0 spiro atoms. The number of carbonyl (C=O) groups excluding carboxylic acids is 1. The average molecular weight is 325 g/mol. The third kappa shape index (κ3) is 5.41. The van der Waals surface area contributed by atoms with Gasteiger partial charge in [0.15, 0.2) is 0 Å². The molecule has 0 fully saturated rings. The van der Waals surface area contributed by atoms with E-state index >= 15 is 0 Å². The van der Waals surface area contributed by atoms with Gasteiger partial charge in [-0.05, 0) is 55.5 Å². The van der Waals surface area contributed by atoms with Crippen molar-refractivity contribution >= 4 is 5.91 Å². The number of carbonyl (C=O) groups is 1. The molecule has 0 saturated carbocycles. The number of hydrogen-bond acceptors (Lipinski definition) is 2.